The largest absolute Gasteiger partial charge is 0.469 e. The fraction of sp³-hybridized carbons (Fsp3) is 0.726. The van der Waals surface area contributed by atoms with Crippen molar-refractivity contribution < 1.29 is 53.1 Å². The number of esters is 2. The molecule has 2 aromatic rings. The number of benzene rings is 1. The van der Waals surface area contributed by atoms with Crippen molar-refractivity contribution in [1.29, 1.82) is 0 Å². The summed E-state index contributed by atoms with van der Waals surface area (Å²) in [4.78, 5) is 48.2. The highest BCUT2D eigenvalue weighted by Crippen LogP contribution is 2.85. The SMILES string of the molecule is CC(C)CC[C@]1(C)O[C@H]2CC(=O)OC[C@]23[C@H]2CC[C@]4(C)[C@]56O[C@@H]5C(=O)O[C@@]45c4c(coc4C[C@@H]([C@@H]4CC[C@H]7[C@H](C=CN8CNC[C@H]78)C4)[C@H](O)CO)CC[C@H]5C#C[C@@H]4CC[C@H](Cc5ccccc5)C[C@@H]4[C@@]26[C@H](O)C(=O)[C@@H]31. The molecule has 4 bridgehead atoms. The minimum Gasteiger partial charge on any atom is -0.469 e. The van der Waals surface area contributed by atoms with Crippen molar-refractivity contribution in [2.45, 2.75) is 171 Å². The van der Waals surface area contributed by atoms with Crippen LogP contribution in [0.3, 0.4) is 0 Å². The van der Waals surface area contributed by atoms with E-state index in [1.54, 1.807) is 0 Å². The van der Waals surface area contributed by atoms with Crippen LogP contribution in [0.2, 0.25) is 0 Å². The van der Waals surface area contributed by atoms with Gasteiger partial charge in [0.15, 0.2) is 17.5 Å². The summed E-state index contributed by atoms with van der Waals surface area (Å²) in [5.41, 5.74) is -4.23. The number of epoxide rings is 1. The zero-order valence-electron chi connectivity index (χ0n) is 44.3. The number of nitrogens with zero attached hydrogens (tertiary/aromatic N) is 1. The lowest BCUT2D eigenvalue weighted by molar-refractivity contribution is -0.301. The first-order valence-electron chi connectivity index (χ1n) is 29.2. The topological polar surface area (TPSA) is 181 Å². The summed E-state index contributed by atoms with van der Waals surface area (Å²) in [5.74, 6) is 6.20. The van der Waals surface area contributed by atoms with Crippen molar-refractivity contribution in [3.63, 3.8) is 0 Å². The highest BCUT2D eigenvalue weighted by molar-refractivity contribution is 5.92. The molecule has 6 aliphatic carbocycles. The first-order chi connectivity index (χ1) is 36.1. The summed E-state index contributed by atoms with van der Waals surface area (Å²) in [6.07, 6.45) is 12.2. The highest BCUT2D eigenvalue weighted by atomic mass is 16.7. The molecule has 75 heavy (non-hydrogen) atoms. The van der Waals surface area contributed by atoms with E-state index < -0.39 is 81.2 Å². The van der Waals surface area contributed by atoms with Crippen molar-refractivity contribution in [1.82, 2.24) is 10.2 Å². The molecule has 1 aromatic carbocycles. The maximum atomic E-state index is 16.4. The number of aliphatic hydroxyl groups excluding tert-OH is 3. The average Bonchev–Trinajstić information content (AvgIpc) is 3.64. The molecular weight excluding hydrogens is 949 g/mol. The Hall–Kier alpha value is -4.03. The van der Waals surface area contributed by atoms with Crippen molar-refractivity contribution in [3.05, 3.63) is 71.3 Å². The van der Waals surface area contributed by atoms with Crippen LogP contribution in [0.4, 0.5) is 0 Å². The zero-order chi connectivity index (χ0) is 51.6. The molecule has 0 radical (unpaired) electrons. The Morgan fingerprint density at radius 2 is 1.83 bits per heavy atom. The number of nitrogens with one attached hydrogen (secondary N) is 1. The molecule has 14 rings (SSSR count). The monoisotopic (exact) mass is 1030 g/mol. The number of carbonyl (C=O) groups excluding carboxylic acids is 3. The quantitative estimate of drug-likeness (QED) is 0.111. The van der Waals surface area contributed by atoms with Gasteiger partial charge in [0.05, 0.1) is 55.6 Å². The molecular formula is C62H78N2O11. The van der Waals surface area contributed by atoms with Gasteiger partial charge in [0.2, 0.25) is 0 Å². The number of furan rings is 1. The average molecular weight is 1030 g/mol. The normalized spacial score (nSPS) is 47.2. The molecule has 4 N–H and O–H groups in total. The summed E-state index contributed by atoms with van der Waals surface area (Å²) in [6.45, 7) is 10.0. The molecule has 402 valence electrons. The summed E-state index contributed by atoms with van der Waals surface area (Å²) < 4.78 is 35.1. The van der Waals surface area contributed by atoms with Crippen LogP contribution in [0, 0.1) is 93.2 Å². The minimum absolute atomic E-state index is 0.00550. The number of carbonyl (C=O) groups is 3. The minimum atomic E-state index is -1.54. The van der Waals surface area contributed by atoms with Gasteiger partial charge in [-0.2, -0.15) is 0 Å². The molecule has 13 heteroatoms. The van der Waals surface area contributed by atoms with Gasteiger partial charge in [0, 0.05) is 46.7 Å². The van der Waals surface area contributed by atoms with Gasteiger partial charge in [0.1, 0.15) is 24.1 Å². The fourth-order valence-corrected chi connectivity index (χ4v) is 20.5. The number of hydrogen-bond donors (Lipinski definition) is 4. The van der Waals surface area contributed by atoms with Gasteiger partial charge in [0.25, 0.3) is 0 Å². The molecule has 13 nitrogen and oxygen atoms in total. The summed E-state index contributed by atoms with van der Waals surface area (Å²) in [5, 5.41) is 40.5. The van der Waals surface area contributed by atoms with E-state index in [1.165, 1.54) is 5.56 Å². The van der Waals surface area contributed by atoms with Crippen LogP contribution in [-0.2, 0) is 58.2 Å². The third-order valence-corrected chi connectivity index (χ3v) is 23.4. The molecule has 6 aliphatic heterocycles. The number of rotatable bonds is 10. The number of aryl methyl sites for hydroxylation is 1. The lowest BCUT2D eigenvalue weighted by Crippen LogP contribution is -2.81. The van der Waals surface area contributed by atoms with Gasteiger partial charge in [-0.15, -0.1) is 0 Å². The van der Waals surface area contributed by atoms with Gasteiger partial charge in [-0.05, 0) is 155 Å². The fourth-order valence-electron chi connectivity index (χ4n) is 20.5. The van der Waals surface area contributed by atoms with E-state index in [9.17, 15) is 20.1 Å². The third-order valence-electron chi connectivity index (χ3n) is 23.4. The predicted octanol–water partition coefficient (Wildman–Crippen LogP) is 6.82. The number of ketones is 1. The Morgan fingerprint density at radius 1 is 0.987 bits per heavy atom. The van der Waals surface area contributed by atoms with Crippen LogP contribution >= 0.6 is 0 Å². The van der Waals surface area contributed by atoms with Gasteiger partial charge >= 0.3 is 11.9 Å². The third kappa shape index (κ3) is 6.44. The first kappa shape index (κ1) is 49.3. The Labute approximate surface area is 441 Å². The van der Waals surface area contributed by atoms with Crippen molar-refractivity contribution in [2.75, 3.05) is 26.4 Å². The molecule has 4 saturated carbocycles. The second-order valence-electron chi connectivity index (χ2n) is 26.9. The lowest BCUT2D eigenvalue weighted by atomic mass is 9.30. The Morgan fingerprint density at radius 3 is 2.64 bits per heavy atom. The van der Waals surface area contributed by atoms with E-state index in [4.69, 9.17) is 23.4 Å². The Kier molecular flexibility index (Phi) is 11.3. The molecule has 12 aliphatic rings. The van der Waals surface area contributed by atoms with Gasteiger partial charge in [-0.1, -0.05) is 69.0 Å². The molecule has 0 amide bonds. The summed E-state index contributed by atoms with van der Waals surface area (Å²) in [7, 11) is 0. The summed E-state index contributed by atoms with van der Waals surface area (Å²) >= 11 is 0. The van der Waals surface area contributed by atoms with E-state index in [-0.39, 0.29) is 61.0 Å². The predicted molar refractivity (Wildman–Crippen MR) is 274 cm³/mol. The van der Waals surface area contributed by atoms with Crippen molar-refractivity contribution in [3.8, 4) is 11.8 Å². The Bertz CT molecular complexity index is 2750. The lowest BCUT2D eigenvalue weighted by Gasteiger charge is -2.72. The van der Waals surface area contributed by atoms with Crippen LogP contribution in [0.25, 0.3) is 0 Å². The molecule has 4 spiro atoms. The number of hydrogen-bond acceptors (Lipinski definition) is 13. The standard InChI is InChI=1S/C62H78N2O11/c1-34(2)18-21-57(3)53-52(68)54(69)60-44-25-36(24-35-8-6-5-7-9-35)10-11-37(44)12-15-41-16-13-40-31-71-47(27-43(46(66)30-65)38-14-17-42-39(26-38)20-23-64-33-63-29-45(42)64)51(40)61(41)58(4,62(60)55(74-62)56(70)75-61)22-19-48(60)59(53)32-72-50(67)28-49(59)73-57/h5-9,20,23,31,34,36-39,41-46,48-49,53-55,63,65-66,69H,10-11,13-14,16-19,21-22,24-30,32-33H2,1-4H3/t36-,37+,38-,39-,41-,42+,43+,44+,45-,46-,48-,49+,53-,54-,55-,57+,58+,59+,60+,61+,62-/m1/s1. The second kappa shape index (κ2) is 17.2. The molecule has 0 unspecified atom stereocenters. The van der Waals surface area contributed by atoms with E-state index in [0.29, 0.717) is 74.5 Å². The van der Waals surface area contributed by atoms with E-state index in [1.807, 2.05) is 19.3 Å². The van der Waals surface area contributed by atoms with Gasteiger partial charge in [-0.25, -0.2) is 4.79 Å². The number of cyclic esters (lactones) is 1. The van der Waals surface area contributed by atoms with E-state index in [2.05, 4.69) is 79.4 Å². The number of allylic oxidation sites excluding steroid dienone is 1. The Balaban J connectivity index is 0.940. The smallest absolute Gasteiger partial charge is 0.339 e. The zero-order valence-corrected chi connectivity index (χ0v) is 44.3. The van der Waals surface area contributed by atoms with E-state index in [0.717, 1.165) is 69.3 Å². The number of aliphatic hydroxyl groups is 3. The van der Waals surface area contributed by atoms with E-state index >= 15 is 9.59 Å². The number of fused-ring (bicyclic) bond motifs is 5. The van der Waals surface area contributed by atoms with Crippen LogP contribution in [0.5, 0.6) is 0 Å². The first-order valence-corrected chi connectivity index (χ1v) is 29.2. The second-order valence-corrected chi connectivity index (χ2v) is 26.9. The van der Waals surface area contributed by atoms with Gasteiger partial charge in [-0.3, -0.25) is 14.9 Å². The van der Waals surface area contributed by atoms with Crippen LogP contribution < -0.4 is 5.32 Å². The number of Topliss-reactive ketones (excluding diaryl/α,β-unsaturated/α-hetero) is 1. The maximum absolute atomic E-state index is 16.4. The van der Waals surface area contributed by atoms with Crippen molar-refractivity contribution in [2.24, 2.45) is 81.3 Å². The molecule has 21 atom stereocenters. The van der Waals surface area contributed by atoms with Crippen LogP contribution in [0.1, 0.15) is 127 Å². The van der Waals surface area contributed by atoms with Crippen LogP contribution in [0.15, 0.2) is 53.3 Å². The maximum Gasteiger partial charge on any atom is 0.339 e. The molecule has 9 fully saturated rings. The molecule has 7 heterocycles. The summed E-state index contributed by atoms with van der Waals surface area (Å²) in [6, 6.07) is 11.0. The van der Waals surface area contributed by atoms with Crippen molar-refractivity contribution >= 4 is 17.7 Å². The van der Waals surface area contributed by atoms with Crippen LogP contribution in [-0.4, -0.2) is 106 Å². The molecule has 5 saturated heterocycles. The van der Waals surface area contributed by atoms with Gasteiger partial charge < -0.3 is 43.6 Å². The molecule has 1 aromatic heterocycles. The number of ether oxygens (including phenoxy) is 4. The highest BCUT2D eigenvalue weighted by Gasteiger charge is 2.96.